The quantitative estimate of drug-likeness (QED) is 0.851. The van der Waals surface area contributed by atoms with E-state index in [2.05, 4.69) is 57.3 Å². The maximum Gasteiger partial charge on any atom is 0.0914 e. The van der Waals surface area contributed by atoms with Gasteiger partial charge in [-0.2, -0.15) is 0 Å². The van der Waals surface area contributed by atoms with Gasteiger partial charge in [-0.25, -0.2) is 0 Å². The standard InChI is InChI=1S/C18H29NO/c1-13(2)14-7-9-15(10-8-14)16(20)12-19-17-6-5-11-18(17,3)4/h7-10,13,16-17,19-20H,5-6,11-12H2,1-4H3. The fourth-order valence-corrected chi connectivity index (χ4v) is 3.18. The molecule has 1 saturated carbocycles. The molecule has 0 spiro atoms. The average Bonchev–Trinajstić information content (AvgIpc) is 2.75. The van der Waals surface area contributed by atoms with E-state index in [1.54, 1.807) is 0 Å². The van der Waals surface area contributed by atoms with E-state index in [4.69, 9.17) is 0 Å². The Labute approximate surface area is 123 Å². The van der Waals surface area contributed by atoms with Crippen LogP contribution in [0.5, 0.6) is 0 Å². The number of hydrogen-bond acceptors (Lipinski definition) is 2. The van der Waals surface area contributed by atoms with Gasteiger partial charge in [-0.1, -0.05) is 58.4 Å². The van der Waals surface area contributed by atoms with Gasteiger partial charge in [0.05, 0.1) is 6.10 Å². The second-order valence-corrected chi connectivity index (χ2v) is 7.18. The third-order valence-corrected chi connectivity index (χ3v) is 4.80. The first-order valence-electron chi connectivity index (χ1n) is 7.91. The van der Waals surface area contributed by atoms with Gasteiger partial charge in [0, 0.05) is 12.6 Å². The van der Waals surface area contributed by atoms with Crippen molar-refractivity contribution in [1.82, 2.24) is 5.32 Å². The summed E-state index contributed by atoms with van der Waals surface area (Å²) in [5.41, 5.74) is 2.70. The smallest absolute Gasteiger partial charge is 0.0914 e. The van der Waals surface area contributed by atoms with Gasteiger partial charge in [0.25, 0.3) is 0 Å². The third-order valence-electron chi connectivity index (χ3n) is 4.80. The lowest BCUT2D eigenvalue weighted by atomic mass is 9.87. The van der Waals surface area contributed by atoms with Gasteiger partial charge < -0.3 is 10.4 Å². The maximum atomic E-state index is 10.3. The predicted octanol–water partition coefficient (Wildman–Crippen LogP) is 4.01. The maximum absolute atomic E-state index is 10.3. The van der Waals surface area contributed by atoms with Crippen LogP contribution in [0.25, 0.3) is 0 Å². The molecule has 1 aromatic carbocycles. The van der Waals surface area contributed by atoms with E-state index in [-0.39, 0.29) is 0 Å². The molecule has 2 atom stereocenters. The van der Waals surface area contributed by atoms with Crippen molar-refractivity contribution in [2.45, 2.75) is 65.0 Å². The summed E-state index contributed by atoms with van der Waals surface area (Å²) in [4.78, 5) is 0. The van der Waals surface area contributed by atoms with Gasteiger partial charge in [-0.3, -0.25) is 0 Å². The van der Waals surface area contributed by atoms with Crippen LogP contribution in [0.3, 0.4) is 0 Å². The Morgan fingerprint density at radius 1 is 1.20 bits per heavy atom. The van der Waals surface area contributed by atoms with E-state index >= 15 is 0 Å². The fourth-order valence-electron chi connectivity index (χ4n) is 3.18. The minimum atomic E-state index is -0.410. The van der Waals surface area contributed by atoms with Crippen molar-refractivity contribution in [1.29, 1.82) is 0 Å². The van der Waals surface area contributed by atoms with Crippen LogP contribution in [0, 0.1) is 5.41 Å². The molecule has 2 unspecified atom stereocenters. The number of nitrogens with one attached hydrogen (secondary N) is 1. The molecule has 0 aromatic heterocycles. The number of aliphatic hydroxyl groups is 1. The zero-order valence-corrected chi connectivity index (χ0v) is 13.3. The van der Waals surface area contributed by atoms with Gasteiger partial charge in [-0.05, 0) is 35.3 Å². The summed E-state index contributed by atoms with van der Waals surface area (Å²) in [5.74, 6) is 0.540. The molecular formula is C18H29NO. The molecule has 0 saturated heterocycles. The molecule has 0 radical (unpaired) electrons. The Morgan fingerprint density at radius 3 is 2.30 bits per heavy atom. The summed E-state index contributed by atoms with van der Waals surface area (Å²) >= 11 is 0. The number of hydrogen-bond donors (Lipinski definition) is 2. The monoisotopic (exact) mass is 275 g/mol. The molecule has 1 fully saturated rings. The first-order chi connectivity index (χ1) is 9.40. The van der Waals surface area contributed by atoms with Crippen LogP contribution < -0.4 is 5.32 Å². The summed E-state index contributed by atoms with van der Waals surface area (Å²) in [6, 6.07) is 8.90. The summed E-state index contributed by atoms with van der Waals surface area (Å²) in [7, 11) is 0. The Kier molecular flexibility index (Phi) is 4.87. The largest absolute Gasteiger partial charge is 0.387 e. The SMILES string of the molecule is CC(C)c1ccc(C(O)CNC2CCCC2(C)C)cc1. The highest BCUT2D eigenvalue weighted by Crippen LogP contribution is 2.37. The zero-order chi connectivity index (χ0) is 14.8. The van der Waals surface area contributed by atoms with Gasteiger partial charge >= 0.3 is 0 Å². The molecule has 2 heteroatoms. The topological polar surface area (TPSA) is 32.3 Å². The lowest BCUT2D eigenvalue weighted by Crippen LogP contribution is -2.39. The molecule has 20 heavy (non-hydrogen) atoms. The zero-order valence-electron chi connectivity index (χ0n) is 13.3. The van der Waals surface area contributed by atoms with E-state index in [1.165, 1.54) is 24.8 Å². The third kappa shape index (κ3) is 3.62. The first kappa shape index (κ1) is 15.5. The van der Waals surface area contributed by atoms with Gasteiger partial charge in [-0.15, -0.1) is 0 Å². The average molecular weight is 275 g/mol. The Bertz CT molecular complexity index is 422. The summed E-state index contributed by atoms with van der Waals surface area (Å²) in [6.07, 6.45) is 3.40. The molecule has 0 heterocycles. The number of rotatable bonds is 5. The molecule has 0 amide bonds. The highest BCUT2D eigenvalue weighted by molar-refractivity contribution is 5.26. The molecule has 0 aliphatic heterocycles. The molecule has 2 nitrogen and oxygen atoms in total. The Morgan fingerprint density at radius 2 is 1.80 bits per heavy atom. The van der Waals surface area contributed by atoms with Crippen LogP contribution in [0.1, 0.15) is 70.1 Å². The first-order valence-corrected chi connectivity index (χ1v) is 7.91. The summed E-state index contributed by atoms with van der Waals surface area (Å²) in [6.45, 7) is 9.67. The van der Waals surface area contributed by atoms with Crippen LogP contribution in [0.15, 0.2) is 24.3 Å². The number of benzene rings is 1. The lowest BCUT2D eigenvalue weighted by Gasteiger charge is -2.29. The van der Waals surface area contributed by atoms with Crippen molar-refractivity contribution >= 4 is 0 Å². The highest BCUT2D eigenvalue weighted by atomic mass is 16.3. The second-order valence-electron chi connectivity index (χ2n) is 7.18. The summed E-state index contributed by atoms with van der Waals surface area (Å²) < 4.78 is 0. The fraction of sp³-hybridized carbons (Fsp3) is 0.667. The summed E-state index contributed by atoms with van der Waals surface area (Å²) in [5, 5.41) is 13.9. The van der Waals surface area contributed by atoms with Crippen LogP contribution >= 0.6 is 0 Å². The molecule has 112 valence electrons. The molecule has 2 N–H and O–H groups in total. The Hall–Kier alpha value is -0.860. The molecule has 1 aliphatic rings. The minimum Gasteiger partial charge on any atom is -0.387 e. The minimum absolute atomic E-state index is 0.362. The van der Waals surface area contributed by atoms with Crippen molar-refractivity contribution in [3.8, 4) is 0 Å². The predicted molar refractivity (Wildman–Crippen MR) is 84.9 cm³/mol. The van der Waals surface area contributed by atoms with Crippen LogP contribution in [-0.2, 0) is 0 Å². The van der Waals surface area contributed by atoms with E-state index < -0.39 is 6.10 Å². The van der Waals surface area contributed by atoms with Crippen LogP contribution in [0.4, 0.5) is 0 Å². The number of aliphatic hydroxyl groups excluding tert-OH is 1. The molecule has 0 bridgehead atoms. The van der Waals surface area contributed by atoms with Gasteiger partial charge in [0.2, 0.25) is 0 Å². The van der Waals surface area contributed by atoms with Crippen molar-refractivity contribution in [3.63, 3.8) is 0 Å². The van der Waals surface area contributed by atoms with Crippen molar-refractivity contribution in [2.24, 2.45) is 5.41 Å². The van der Waals surface area contributed by atoms with E-state index in [9.17, 15) is 5.11 Å². The normalized spacial score (nSPS) is 23.2. The van der Waals surface area contributed by atoms with E-state index in [0.717, 1.165) is 5.56 Å². The highest BCUT2D eigenvalue weighted by Gasteiger charge is 2.34. The van der Waals surface area contributed by atoms with E-state index in [0.29, 0.717) is 23.9 Å². The van der Waals surface area contributed by atoms with Crippen molar-refractivity contribution < 1.29 is 5.11 Å². The van der Waals surface area contributed by atoms with Crippen LogP contribution in [0.2, 0.25) is 0 Å². The lowest BCUT2D eigenvalue weighted by molar-refractivity contribution is 0.158. The van der Waals surface area contributed by atoms with E-state index in [1.807, 2.05) is 0 Å². The molecule has 1 aromatic rings. The van der Waals surface area contributed by atoms with Gasteiger partial charge in [0.1, 0.15) is 0 Å². The Balaban J connectivity index is 1.90. The van der Waals surface area contributed by atoms with Crippen LogP contribution in [-0.4, -0.2) is 17.7 Å². The second kappa shape index (κ2) is 6.28. The van der Waals surface area contributed by atoms with Crippen molar-refractivity contribution in [3.05, 3.63) is 35.4 Å². The van der Waals surface area contributed by atoms with Crippen molar-refractivity contribution in [2.75, 3.05) is 6.54 Å². The molecular weight excluding hydrogens is 246 g/mol. The van der Waals surface area contributed by atoms with Gasteiger partial charge in [0.15, 0.2) is 0 Å². The molecule has 1 aliphatic carbocycles. The molecule has 2 rings (SSSR count).